The molecule has 3 rings (SSSR count). The van der Waals surface area contributed by atoms with Gasteiger partial charge in [-0.3, -0.25) is 4.79 Å². The van der Waals surface area contributed by atoms with E-state index >= 15 is 0 Å². The van der Waals surface area contributed by atoms with E-state index in [2.05, 4.69) is 10.3 Å². The Balaban J connectivity index is 1.99. The van der Waals surface area contributed by atoms with Crippen molar-refractivity contribution in [1.29, 1.82) is 0 Å². The quantitative estimate of drug-likeness (QED) is 0.761. The van der Waals surface area contributed by atoms with Crippen molar-refractivity contribution in [1.82, 2.24) is 4.98 Å². The zero-order chi connectivity index (χ0) is 17.3. The van der Waals surface area contributed by atoms with Crippen LogP contribution in [0.2, 0.25) is 0 Å². The molecule has 0 saturated carbocycles. The van der Waals surface area contributed by atoms with Crippen LogP contribution < -0.4 is 14.8 Å². The zero-order valence-corrected chi connectivity index (χ0v) is 14.2. The highest BCUT2D eigenvalue weighted by atomic mass is 16.5. The number of rotatable bonds is 4. The minimum Gasteiger partial charge on any atom is -0.493 e. The molecule has 0 unspecified atom stereocenters. The number of aromatic amines is 1. The predicted molar refractivity (Wildman–Crippen MR) is 95.3 cm³/mol. The number of anilines is 1. The third kappa shape index (κ3) is 2.69. The van der Waals surface area contributed by atoms with Crippen LogP contribution in [0.5, 0.6) is 11.5 Å². The molecule has 0 radical (unpaired) electrons. The van der Waals surface area contributed by atoms with Crippen LogP contribution in [0.25, 0.3) is 10.9 Å². The van der Waals surface area contributed by atoms with Crippen molar-refractivity contribution >= 4 is 22.5 Å². The summed E-state index contributed by atoms with van der Waals surface area (Å²) in [4.78, 5) is 15.8. The van der Waals surface area contributed by atoms with E-state index in [1.54, 1.807) is 20.4 Å². The highest BCUT2D eigenvalue weighted by Crippen LogP contribution is 2.33. The zero-order valence-electron chi connectivity index (χ0n) is 14.2. The van der Waals surface area contributed by atoms with E-state index in [0.29, 0.717) is 17.1 Å². The van der Waals surface area contributed by atoms with Crippen LogP contribution >= 0.6 is 0 Å². The lowest BCUT2D eigenvalue weighted by atomic mass is 10.1. The molecule has 0 atom stereocenters. The number of carbonyl (C=O) groups excluding carboxylic acids is 1. The molecule has 0 aliphatic heterocycles. The van der Waals surface area contributed by atoms with Gasteiger partial charge in [0.15, 0.2) is 11.5 Å². The molecule has 1 aromatic heterocycles. The van der Waals surface area contributed by atoms with Crippen LogP contribution in [0.3, 0.4) is 0 Å². The van der Waals surface area contributed by atoms with E-state index < -0.39 is 0 Å². The number of methoxy groups -OCH3 is 2. The Morgan fingerprint density at radius 2 is 1.79 bits per heavy atom. The Morgan fingerprint density at radius 1 is 1.08 bits per heavy atom. The van der Waals surface area contributed by atoms with Gasteiger partial charge in [-0.2, -0.15) is 0 Å². The van der Waals surface area contributed by atoms with E-state index in [4.69, 9.17) is 9.47 Å². The third-order valence-corrected chi connectivity index (χ3v) is 4.28. The highest BCUT2D eigenvalue weighted by molar-refractivity contribution is 6.13. The molecule has 1 amide bonds. The first-order chi connectivity index (χ1) is 11.5. The van der Waals surface area contributed by atoms with Crippen LogP contribution in [-0.2, 0) is 0 Å². The summed E-state index contributed by atoms with van der Waals surface area (Å²) < 4.78 is 10.6. The maximum atomic E-state index is 12.7. The largest absolute Gasteiger partial charge is 0.493 e. The summed E-state index contributed by atoms with van der Waals surface area (Å²) in [7, 11) is 3.16. The van der Waals surface area contributed by atoms with Gasteiger partial charge in [0.2, 0.25) is 0 Å². The van der Waals surface area contributed by atoms with Gasteiger partial charge in [-0.1, -0.05) is 12.1 Å². The van der Waals surface area contributed by atoms with E-state index in [1.807, 2.05) is 44.2 Å². The fraction of sp³-hybridized carbons (Fsp3) is 0.211. The van der Waals surface area contributed by atoms with E-state index in [0.717, 1.165) is 27.7 Å². The number of carbonyl (C=O) groups is 1. The minimum absolute atomic E-state index is 0.165. The van der Waals surface area contributed by atoms with Gasteiger partial charge >= 0.3 is 0 Å². The summed E-state index contributed by atoms with van der Waals surface area (Å²) in [5, 5.41) is 3.77. The summed E-state index contributed by atoms with van der Waals surface area (Å²) in [6, 6.07) is 9.49. The van der Waals surface area contributed by atoms with Gasteiger partial charge in [0.1, 0.15) is 0 Å². The molecule has 0 saturated heterocycles. The average Bonchev–Trinajstić information content (AvgIpc) is 3.00. The van der Waals surface area contributed by atoms with Gasteiger partial charge in [0.05, 0.1) is 25.3 Å². The molecule has 5 nitrogen and oxygen atoms in total. The van der Waals surface area contributed by atoms with Crippen LogP contribution in [0.1, 0.15) is 21.5 Å². The molecule has 24 heavy (non-hydrogen) atoms. The normalized spacial score (nSPS) is 10.7. The smallest absolute Gasteiger partial charge is 0.257 e. The van der Waals surface area contributed by atoms with Crippen LogP contribution in [-0.4, -0.2) is 25.1 Å². The number of fused-ring (bicyclic) bond motifs is 1. The number of nitrogens with one attached hydrogen (secondary N) is 2. The number of aromatic nitrogens is 1. The van der Waals surface area contributed by atoms with Crippen LogP contribution in [0.15, 0.2) is 36.5 Å². The lowest BCUT2D eigenvalue weighted by Gasteiger charge is -2.10. The number of H-pyrrole nitrogens is 1. The monoisotopic (exact) mass is 324 g/mol. The molecular weight excluding hydrogens is 304 g/mol. The number of aryl methyl sites for hydroxylation is 1. The fourth-order valence-electron chi connectivity index (χ4n) is 2.71. The Labute approximate surface area is 140 Å². The van der Waals surface area contributed by atoms with Gasteiger partial charge in [-0.05, 0) is 37.1 Å². The van der Waals surface area contributed by atoms with Crippen molar-refractivity contribution in [3.05, 3.63) is 53.2 Å². The molecule has 0 aliphatic rings. The molecule has 0 bridgehead atoms. The van der Waals surface area contributed by atoms with Gasteiger partial charge < -0.3 is 19.8 Å². The van der Waals surface area contributed by atoms with Crippen molar-refractivity contribution in [2.45, 2.75) is 13.8 Å². The van der Waals surface area contributed by atoms with Gasteiger partial charge in [0, 0.05) is 23.3 Å². The van der Waals surface area contributed by atoms with E-state index in [-0.39, 0.29) is 5.91 Å². The Morgan fingerprint density at radius 3 is 2.50 bits per heavy atom. The number of amides is 1. The SMILES string of the molecule is COc1cc2[nH]cc(C(=O)Nc3cccc(C)c3C)c2cc1OC. The van der Waals surface area contributed by atoms with Gasteiger partial charge in [0.25, 0.3) is 5.91 Å². The average molecular weight is 324 g/mol. The van der Waals surface area contributed by atoms with Crippen molar-refractivity contribution in [3.8, 4) is 11.5 Å². The van der Waals surface area contributed by atoms with E-state index in [9.17, 15) is 4.79 Å². The molecule has 5 heteroatoms. The molecule has 0 aliphatic carbocycles. The summed E-state index contributed by atoms with van der Waals surface area (Å²) in [5.41, 5.74) is 4.39. The standard InChI is InChI=1S/C19H20N2O3/c1-11-6-5-7-15(12(11)2)21-19(22)14-10-20-16-9-18(24-4)17(23-3)8-13(14)16/h5-10,20H,1-4H3,(H,21,22). The van der Waals surface area contributed by atoms with Crippen molar-refractivity contribution in [3.63, 3.8) is 0 Å². The van der Waals surface area contributed by atoms with Gasteiger partial charge in [-0.25, -0.2) is 0 Å². The number of benzene rings is 2. The van der Waals surface area contributed by atoms with Crippen molar-refractivity contribution < 1.29 is 14.3 Å². The second-order valence-electron chi connectivity index (χ2n) is 5.66. The summed E-state index contributed by atoms with van der Waals surface area (Å²) in [6.45, 7) is 4.02. The maximum absolute atomic E-state index is 12.7. The fourth-order valence-corrected chi connectivity index (χ4v) is 2.71. The molecule has 0 fully saturated rings. The number of hydrogen-bond acceptors (Lipinski definition) is 3. The molecule has 124 valence electrons. The van der Waals surface area contributed by atoms with E-state index in [1.165, 1.54) is 0 Å². The highest BCUT2D eigenvalue weighted by Gasteiger charge is 2.16. The first-order valence-corrected chi connectivity index (χ1v) is 7.65. The van der Waals surface area contributed by atoms with Crippen molar-refractivity contribution in [2.24, 2.45) is 0 Å². The number of hydrogen-bond donors (Lipinski definition) is 2. The molecule has 2 aromatic carbocycles. The molecule has 3 aromatic rings. The topological polar surface area (TPSA) is 63.4 Å². The summed E-state index contributed by atoms with van der Waals surface area (Å²) in [5.74, 6) is 1.04. The second-order valence-corrected chi connectivity index (χ2v) is 5.66. The number of ether oxygens (including phenoxy) is 2. The lowest BCUT2D eigenvalue weighted by molar-refractivity contribution is 0.102. The Bertz CT molecular complexity index is 912. The molecule has 0 spiro atoms. The Kier molecular flexibility index (Phi) is 4.16. The Hall–Kier alpha value is -2.95. The minimum atomic E-state index is -0.165. The molecular formula is C19H20N2O3. The molecule has 2 N–H and O–H groups in total. The van der Waals surface area contributed by atoms with Gasteiger partial charge in [-0.15, -0.1) is 0 Å². The third-order valence-electron chi connectivity index (χ3n) is 4.28. The van der Waals surface area contributed by atoms with Crippen LogP contribution in [0, 0.1) is 13.8 Å². The van der Waals surface area contributed by atoms with Crippen LogP contribution in [0.4, 0.5) is 5.69 Å². The summed E-state index contributed by atoms with van der Waals surface area (Å²) in [6.07, 6.45) is 1.70. The molecule has 1 heterocycles. The maximum Gasteiger partial charge on any atom is 0.257 e. The lowest BCUT2D eigenvalue weighted by Crippen LogP contribution is -2.12. The predicted octanol–water partition coefficient (Wildman–Crippen LogP) is 4.05. The second kappa shape index (κ2) is 6.28. The first-order valence-electron chi connectivity index (χ1n) is 7.65. The van der Waals surface area contributed by atoms with Crippen molar-refractivity contribution in [2.75, 3.05) is 19.5 Å². The first kappa shape index (κ1) is 15.9. The summed E-state index contributed by atoms with van der Waals surface area (Å²) >= 11 is 0.